The van der Waals surface area contributed by atoms with E-state index in [-0.39, 0.29) is 0 Å². The lowest BCUT2D eigenvalue weighted by Gasteiger charge is -2.12. The zero-order valence-electron chi connectivity index (χ0n) is 10.2. The predicted octanol–water partition coefficient (Wildman–Crippen LogP) is 4.18. The molecule has 0 spiro atoms. The zero-order chi connectivity index (χ0) is 13.3. The van der Waals surface area contributed by atoms with Crippen LogP contribution in [-0.2, 0) is 0 Å². The number of nitrogens with zero attached hydrogens (tertiary/aromatic N) is 3. The third kappa shape index (κ3) is 2.65. The van der Waals surface area contributed by atoms with Crippen LogP contribution in [0.5, 0.6) is 0 Å². The van der Waals surface area contributed by atoms with E-state index in [1.807, 2.05) is 7.05 Å². The molecule has 0 fully saturated rings. The first-order valence-corrected chi connectivity index (χ1v) is 7.38. The van der Waals surface area contributed by atoms with Crippen LogP contribution >= 0.6 is 38.9 Å². The lowest BCUT2D eigenvalue weighted by Crippen LogP contribution is -2.04. The molecule has 0 atom stereocenters. The number of halogens is 2. The highest BCUT2D eigenvalue weighted by molar-refractivity contribution is 9.10. The van der Waals surface area contributed by atoms with Crippen LogP contribution in [0, 0.1) is 0 Å². The van der Waals surface area contributed by atoms with E-state index in [1.54, 1.807) is 6.20 Å². The number of aromatic nitrogens is 3. The molecule has 0 bridgehead atoms. The van der Waals surface area contributed by atoms with Gasteiger partial charge >= 0.3 is 0 Å². The topological polar surface area (TPSA) is 50.7 Å². The van der Waals surface area contributed by atoms with E-state index in [9.17, 15) is 0 Å². The van der Waals surface area contributed by atoms with Crippen molar-refractivity contribution in [2.45, 2.75) is 19.8 Å². The molecule has 7 heteroatoms. The zero-order valence-corrected chi connectivity index (χ0v) is 13.3. The Morgan fingerprint density at radius 2 is 2.11 bits per heavy atom. The van der Waals surface area contributed by atoms with Gasteiger partial charge in [-0.15, -0.1) is 0 Å². The van der Waals surface area contributed by atoms with Gasteiger partial charge in [0.15, 0.2) is 10.8 Å². The largest absolute Gasteiger partial charge is 0.372 e. The van der Waals surface area contributed by atoms with Crippen LogP contribution in [0.3, 0.4) is 0 Å². The normalized spacial score (nSPS) is 11.0. The minimum atomic E-state index is 0.295. The van der Waals surface area contributed by atoms with E-state index in [2.05, 4.69) is 50.0 Å². The molecule has 0 aliphatic heterocycles. The van der Waals surface area contributed by atoms with Crippen molar-refractivity contribution in [3.63, 3.8) is 0 Å². The van der Waals surface area contributed by atoms with E-state index in [0.717, 1.165) is 21.0 Å². The highest BCUT2D eigenvalue weighted by atomic mass is 79.9. The second-order valence-corrected chi connectivity index (χ2v) is 6.42. The molecule has 2 aromatic rings. The molecule has 0 radical (unpaired) electrons. The SMILES string of the molecule is CNc1nc(-c2ncc(Cl)s2)nc(C(C)C)c1Br. The maximum atomic E-state index is 5.89. The van der Waals surface area contributed by atoms with Crippen LogP contribution < -0.4 is 5.32 Å². The molecule has 0 aliphatic rings. The Kier molecular flexibility index (Phi) is 4.19. The van der Waals surface area contributed by atoms with Crippen molar-refractivity contribution < 1.29 is 0 Å². The Hall–Kier alpha value is -0.720. The molecule has 4 nitrogen and oxygen atoms in total. The summed E-state index contributed by atoms with van der Waals surface area (Å²) in [5.74, 6) is 1.65. The van der Waals surface area contributed by atoms with Gasteiger partial charge in [0.1, 0.15) is 10.2 Å². The Morgan fingerprint density at radius 3 is 2.61 bits per heavy atom. The second kappa shape index (κ2) is 5.50. The first-order chi connectivity index (χ1) is 8.52. The Bertz CT molecular complexity index is 570. The number of thiazole rings is 1. The average Bonchev–Trinajstić information content (AvgIpc) is 2.76. The Labute approximate surface area is 123 Å². The number of rotatable bonds is 3. The van der Waals surface area contributed by atoms with Gasteiger partial charge in [-0.2, -0.15) is 0 Å². The number of nitrogens with one attached hydrogen (secondary N) is 1. The molecule has 18 heavy (non-hydrogen) atoms. The third-order valence-corrected chi connectivity index (χ3v) is 4.22. The summed E-state index contributed by atoms with van der Waals surface area (Å²) in [6.07, 6.45) is 1.61. The van der Waals surface area contributed by atoms with Gasteiger partial charge in [-0.25, -0.2) is 15.0 Å². The van der Waals surface area contributed by atoms with Crippen LogP contribution in [0.25, 0.3) is 10.8 Å². The third-order valence-electron chi connectivity index (χ3n) is 2.33. The maximum absolute atomic E-state index is 5.89. The molecule has 0 aromatic carbocycles. The smallest absolute Gasteiger partial charge is 0.191 e. The molecule has 2 heterocycles. The van der Waals surface area contributed by atoms with Gasteiger partial charge in [0.2, 0.25) is 0 Å². The van der Waals surface area contributed by atoms with Crippen LogP contribution in [0.4, 0.5) is 5.82 Å². The summed E-state index contributed by atoms with van der Waals surface area (Å²) < 4.78 is 1.53. The molecule has 0 unspecified atom stereocenters. The predicted molar refractivity (Wildman–Crippen MR) is 79.5 cm³/mol. The van der Waals surface area contributed by atoms with Crippen LogP contribution in [0.15, 0.2) is 10.7 Å². The minimum absolute atomic E-state index is 0.295. The summed E-state index contributed by atoms with van der Waals surface area (Å²) in [5, 5.41) is 3.78. The van der Waals surface area contributed by atoms with Gasteiger partial charge < -0.3 is 5.32 Å². The second-order valence-electron chi connectivity index (χ2n) is 3.97. The van der Waals surface area contributed by atoms with E-state index >= 15 is 0 Å². The molecule has 2 rings (SSSR count). The molecular weight excluding hydrogens is 336 g/mol. The van der Waals surface area contributed by atoms with Crippen molar-refractivity contribution in [2.24, 2.45) is 0 Å². The fourth-order valence-corrected chi connectivity index (χ4v) is 3.15. The molecule has 0 aliphatic carbocycles. The lowest BCUT2D eigenvalue weighted by atomic mass is 10.1. The van der Waals surface area contributed by atoms with Crippen molar-refractivity contribution in [3.8, 4) is 10.8 Å². The molecule has 2 aromatic heterocycles. The summed E-state index contributed by atoms with van der Waals surface area (Å²) >= 11 is 10.8. The van der Waals surface area contributed by atoms with E-state index in [1.165, 1.54) is 11.3 Å². The van der Waals surface area contributed by atoms with Crippen molar-refractivity contribution in [2.75, 3.05) is 12.4 Å². The van der Waals surface area contributed by atoms with Crippen LogP contribution in [0.2, 0.25) is 4.34 Å². The molecule has 96 valence electrons. The average molecular weight is 348 g/mol. The molecule has 0 saturated heterocycles. The van der Waals surface area contributed by atoms with E-state index in [4.69, 9.17) is 11.6 Å². The van der Waals surface area contributed by atoms with Gasteiger partial charge in [0.25, 0.3) is 0 Å². The van der Waals surface area contributed by atoms with Crippen LogP contribution in [0.1, 0.15) is 25.5 Å². The minimum Gasteiger partial charge on any atom is -0.372 e. The standard InChI is InChI=1S/C11H12BrClN4S/c1-5(2)8-7(12)9(14-3)17-10(16-8)11-15-4-6(13)18-11/h4-5H,1-3H3,(H,14,16,17). The summed E-state index contributed by atoms with van der Waals surface area (Å²) in [6, 6.07) is 0. The highest BCUT2D eigenvalue weighted by Gasteiger charge is 2.16. The number of anilines is 1. The van der Waals surface area contributed by atoms with E-state index in [0.29, 0.717) is 16.1 Å². The number of hydrogen-bond acceptors (Lipinski definition) is 5. The van der Waals surface area contributed by atoms with Crippen LogP contribution in [-0.4, -0.2) is 22.0 Å². The first-order valence-electron chi connectivity index (χ1n) is 5.39. The summed E-state index contributed by atoms with van der Waals surface area (Å²) in [4.78, 5) is 13.2. The molecular formula is C11H12BrClN4S. The lowest BCUT2D eigenvalue weighted by molar-refractivity contribution is 0.810. The summed E-state index contributed by atoms with van der Waals surface area (Å²) in [6.45, 7) is 4.18. The van der Waals surface area contributed by atoms with Gasteiger partial charge in [-0.05, 0) is 21.8 Å². The monoisotopic (exact) mass is 346 g/mol. The van der Waals surface area contributed by atoms with Crippen molar-refractivity contribution in [3.05, 3.63) is 20.7 Å². The van der Waals surface area contributed by atoms with Gasteiger partial charge in [-0.1, -0.05) is 36.8 Å². The molecule has 0 amide bonds. The summed E-state index contributed by atoms with van der Waals surface area (Å²) in [5.41, 5.74) is 0.954. The van der Waals surface area contributed by atoms with Crippen molar-refractivity contribution >= 4 is 44.7 Å². The fourth-order valence-electron chi connectivity index (χ4n) is 1.47. The Morgan fingerprint density at radius 1 is 1.39 bits per heavy atom. The Balaban J connectivity index is 2.58. The maximum Gasteiger partial charge on any atom is 0.191 e. The fraction of sp³-hybridized carbons (Fsp3) is 0.364. The first kappa shape index (κ1) is 13.7. The highest BCUT2D eigenvalue weighted by Crippen LogP contribution is 2.33. The molecule has 1 N–H and O–H groups in total. The van der Waals surface area contributed by atoms with E-state index < -0.39 is 0 Å². The van der Waals surface area contributed by atoms with Gasteiger partial charge in [0, 0.05) is 7.05 Å². The quantitative estimate of drug-likeness (QED) is 0.905. The van der Waals surface area contributed by atoms with Gasteiger partial charge in [0.05, 0.1) is 16.4 Å². The van der Waals surface area contributed by atoms with Gasteiger partial charge in [-0.3, -0.25) is 0 Å². The van der Waals surface area contributed by atoms with Crippen molar-refractivity contribution in [1.82, 2.24) is 15.0 Å². The summed E-state index contributed by atoms with van der Waals surface area (Å²) in [7, 11) is 1.83. The number of hydrogen-bond donors (Lipinski definition) is 1. The van der Waals surface area contributed by atoms with Crippen molar-refractivity contribution in [1.29, 1.82) is 0 Å². The molecule has 0 saturated carbocycles.